The number of carbonyl (C=O) groups is 3. The van der Waals surface area contributed by atoms with Gasteiger partial charge in [0.1, 0.15) is 5.69 Å². The van der Waals surface area contributed by atoms with Crippen molar-refractivity contribution in [3.05, 3.63) is 52.3 Å². The lowest BCUT2D eigenvalue weighted by atomic mass is 10.2. The van der Waals surface area contributed by atoms with Gasteiger partial charge in [0.15, 0.2) is 5.78 Å². The van der Waals surface area contributed by atoms with E-state index in [1.165, 1.54) is 13.0 Å². The first-order valence-electron chi connectivity index (χ1n) is 6.87. The second-order valence-electron chi connectivity index (χ2n) is 5.02. The number of aryl methyl sites for hydroxylation is 1. The second kappa shape index (κ2) is 7.23. The summed E-state index contributed by atoms with van der Waals surface area (Å²) in [5.74, 6) is -0.861. The quantitative estimate of drug-likeness (QED) is 0.784. The predicted octanol–water partition coefficient (Wildman–Crippen LogP) is 2.36. The summed E-state index contributed by atoms with van der Waals surface area (Å²) in [7, 11) is 1.67. The number of benzene rings is 1. The average Bonchev–Trinajstić information content (AvgIpc) is 2.89. The number of halogens is 1. The fourth-order valence-corrected chi connectivity index (χ4v) is 2.24. The smallest absolute Gasteiger partial charge is 0.268 e. The van der Waals surface area contributed by atoms with E-state index in [0.717, 1.165) is 4.47 Å². The minimum absolute atomic E-state index is 0.118. The summed E-state index contributed by atoms with van der Waals surface area (Å²) < 4.78 is 2.47. The maximum absolute atomic E-state index is 12.1. The third-order valence-corrected chi connectivity index (χ3v) is 3.71. The van der Waals surface area contributed by atoms with Crippen LogP contribution in [0.25, 0.3) is 0 Å². The molecule has 2 aromatic rings. The van der Waals surface area contributed by atoms with Gasteiger partial charge in [0.25, 0.3) is 5.91 Å². The maximum Gasteiger partial charge on any atom is 0.268 e. The van der Waals surface area contributed by atoms with Crippen molar-refractivity contribution in [2.24, 2.45) is 7.05 Å². The van der Waals surface area contributed by atoms with Crippen molar-refractivity contribution in [2.75, 3.05) is 11.9 Å². The zero-order valence-corrected chi connectivity index (χ0v) is 14.3. The highest BCUT2D eigenvalue weighted by Gasteiger charge is 2.14. The number of anilines is 1. The van der Waals surface area contributed by atoms with Gasteiger partial charge in [0.05, 0.1) is 6.54 Å². The number of carbonyl (C=O) groups excluding carboxylic acids is 3. The molecule has 6 nitrogen and oxygen atoms in total. The molecule has 0 atom stereocenters. The van der Waals surface area contributed by atoms with Gasteiger partial charge in [0, 0.05) is 29.0 Å². The molecule has 0 unspecified atom stereocenters. The van der Waals surface area contributed by atoms with Crippen LogP contribution in [0, 0.1) is 0 Å². The second-order valence-corrected chi connectivity index (χ2v) is 5.93. The molecule has 0 saturated carbocycles. The first-order valence-corrected chi connectivity index (χ1v) is 7.67. The van der Waals surface area contributed by atoms with Crippen LogP contribution in [-0.2, 0) is 11.8 Å². The van der Waals surface area contributed by atoms with E-state index in [1.54, 1.807) is 42.1 Å². The minimum atomic E-state index is -0.411. The van der Waals surface area contributed by atoms with E-state index in [1.807, 2.05) is 0 Å². The zero-order valence-electron chi connectivity index (χ0n) is 12.7. The normalized spacial score (nSPS) is 10.2. The fraction of sp³-hybridized carbons (Fsp3) is 0.188. The SMILES string of the molecule is CC(=O)c1cc(C(=O)NCC(=O)Nc2ccc(Br)cc2)n(C)c1. The van der Waals surface area contributed by atoms with Crippen LogP contribution in [-0.4, -0.2) is 28.7 Å². The van der Waals surface area contributed by atoms with Crippen LogP contribution in [0.5, 0.6) is 0 Å². The molecule has 0 spiro atoms. The Morgan fingerprint density at radius 2 is 1.83 bits per heavy atom. The van der Waals surface area contributed by atoms with E-state index in [4.69, 9.17) is 0 Å². The average molecular weight is 378 g/mol. The number of hydrogen-bond acceptors (Lipinski definition) is 3. The molecule has 0 saturated heterocycles. The van der Waals surface area contributed by atoms with Crippen LogP contribution in [0.15, 0.2) is 41.0 Å². The number of hydrogen-bond donors (Lipinski definition) is 2. The summed E-state index contributed by atoms with van der Waals surface area (Å²) in [6.07, 6.45) is 1.58. The first-order chi connectivity index (χ1) is 10.9. The van der Waals surface area contributed by atoms with Gasteiger partial charge < -0.3 is 15.2 Å². The third-order valence-electron chi connectivity index (χ3n) is 3.18. The molecule has 1 heterocycles. The largest absolute Gasteiger partial charge is 0.346 e. The first kappa shape index (κ1) is 17.0. The van der Waals surface area contributed by atoms with Crippen molar-refractivity contribution in [3.8, 4) is 0 Å². The number of amides is 2. The van der Waals surface area contributed by atoms with Crippen LogP contribution in [0.3, 0.4) is 0 Å². The van der Waals surface area contributed by atoms with Gasteiger partial charge in [-0.3, -0.25) is 14.4 Å². The Morgan fingerprint density at radius 1 is 1.17 bits per heavy atom. The lowest BCUT2D eigenvalue weighted by Gasteiger charge is -2.07. The highest BCUT2D eigenvalue weighted by Crippen LogP contribution is 2.13. The molecule has 0 aliphatic rings. The summed E-state index contributed by atoms with van der Waals surface area (Å²) in [5, 5.41) is 5.21. The van der Waals surface area contributed by atoms with Gasteiger partial charge in [-0.2, -0.15) is 0 Å². The molecular formula is C16H16BrN3O3. The summed E-state index contributed by atoms with van der Waals surface area (Å²) >= 11 is 3.31. The van der Waals surface area contributed by atoms with E-state index in [9.17, 15) is 14.4 Å². The monoisotopic (exact) mass is 377 g/mol. The van der Waals surface area contributed by atoms with Crippen molar-refractivity contribution < 1.29 is 14.4 Å². The van der Waals surface area contributed by atoms with Crippen LogP contribution < -0.4 is 10.6 Å². The van der Waals surface area contributed by atoms with Crippen molar-refractivity contribution in [2.45, 2.75) is 6.92 Å². The van der Waals surface area contributed by atoms with E-state index in [0.29, 0.717) is 16.9 Å². The highest BCUT2D eigenvalue weighted by molar-refractivity contribution is 9.10. The summed E-state index contributed by atoms with van der Waals surface area (Å²) in [5.41, 5.74) is 1.42. The summed E-state index contributed by atoms with van der Waals surface area (Å²) in [4.78, 5) is 35.2. The van der Waals surface area contributed by atoms with Crippen LogP contribution in [0.2, 0.25) is 0 Å². The maximum atomic E-state index is 12.1. The molecule has 0 aliphatic heterocycles. The number of nitrogens with one attached hydrogen (secondary N) is 2. The Bertz CT molecular complexity index is 750. The van der Waals surface area contributed by atoms with Gasteiger partial charge in [-0.25, -0.2) is 0 Å². The Hall–Kier alpha value is -2.41. The topological polar surface area (TPSA) is 80.2 Å². The Balaban J connectivity index is 1.92. The zero-order chi connectivity index (χ0) is 17.0. The summed E-state index contributed by atoms with van der Waals surface area (Å²) in [6.45, 7) is 1.28. The fourth-order valence-electron chi connectivity index (χ4n) is 1.97. The molecular weight excluding hydrogens is 362 g/mol. The lowest BCUT2D eigenvalue weighted by Crippen LogP contribution is -2.33. The van der Waals surface area contributed by atoms with Gasteiger partial charge in [-0.15, -0.1) is 0 Å². The van der Waals surface area contributed by atoms with Crippen molar-refractivity contribution in [1.29, 1.82) is 0 Å². The third kappa shape index (κ3) is 4.53. The molecule has 2 rings (SSSR count). The van der Waals surface area contributed by atoms with Crippen molar-refractivity contribution in [1.82, 2.24) is 9.88 Å². The highest BCUT2D eigenvalue weighted by atomic mass is 79.9. The van der Waals surface area contributed by atoms with Crippen LogP contribution >= 0.6 is 15.9 Å². The number of ketones is 1. The van der Waals surface area contributed by atoms with Crippen LogP contribution in [0.1, 0.15) is 27.8 Å². The molecule has 1 aromatic carbocycles. The van der Waals surface area contributed by atoms with Crippen molar-refractivity contribution >= 4 is 39.2 Å². The van der Waals surface area contributed by atoms with E-state index >= 15 is 0 Å². The van der Waals surface area contributed by atoms with Crippen LogP contribution in [0.4, 0.5) is 5.69 Å². The molecule has 2 N–H and O–H groups in total. The van der Waals surface area contributed by atoms with Gasteiger partial charge in [-0.05, 0) is 37.3 Å². The van der Waals surface area contributed by atoms with Gasteiger partial charge in [-0.1, -0.05) is 15.9 Å². The van der Waals surface area contributed by atoms with Gasteiger partial charge >= 0.3 is 0 Å². The minimum Gasteiger partial charge on any atom is -0.346 e. The number of Topliss-reactive ketones (excluding diaryl/α,β-unsaturated/α-hetero) is 1. The number of aromatic nitrogens is 1. The molecule has 23 heavy (non-hydrogen) atoms. The molecule has 0 radical (unpaired) electrons. The molecule has 1 aromatic heterocycles. The Kier molecular flexibility index (Phi) is 5.33. The molecule has 0 fully saturated rings. The van der Waals surface area contributed by atoms with E-state index in [2.05, 4.69) is 26.6 Å². The Morgan fingerprint density at radius 3 is 2.39 bits per heavy atom. The standard InChI is InChI=1S/C16H16BrN3O3/c1-10(21)11-7-14(20(2)9-11)16(23)18-8-15(22)19-13-5-3-12(17)4-6-13/h3-7,9H,8H2,1-2H3,(H,18,23)(H,19,22). The lowest BCUT2D eigenvalue weighted by molar-refractivity contribution is -0.115. The van der Waals surface area contributed by atoms with Gasteiger partial charge in [0.2, 0.25) is 5.91 Å². The predicted molar refractivity (Wildman–Crippen MR) is 90.5 cm³/mol. The molecule has 0 bridgehead atoms. The Labute approximate surface area is 142 Å². The number of rotatable bonds is 5. The number of nitrogens with zero attached hydrogens (tertiary/aromatic N) is 1. The molecule has 120 valence electrons. The molecule has 0 aliphatic carbocycles. The van der Waals surface area contributed by atoms with E-state index in [-0.39, 0.29) is 18.2 Å². The molecule has 7 heteroatoms. The van der Waals surface area contributed by atoms with E-state index < -0.39 is 5.91 Å². The van der Waals surface area contributed by atoms with Crippen molar-refractivity contribution in [3.63, 3.8) is 0 Å². The summed E-state index contributed by atoms with van der Waals surface area (Å²) in [6, 6.07) is 8.62. The molecule has 2 amide bonds.